The Labute approximate surface area is 87.2 Å². The maximum absolute atomic E-state index is 10.9. The fraction of sp³-hybridized carbons (Fsp3) is 0.727. The van der Waals surface area contributed by atoms with Crippen LogP contribution in [-0.4, -0.2) is 38.0 Å². The highest BCUT2D eigenvalue weighted by Crippen LogP contribution is 2.19. The lowest BCUT2D eigenvalue weighted by Gasteiger charge is -2.28. The second kappa shape index (κ2) is 5.81. The normalized spacial score (nSPS) is 11.5. The van der Waals surface area contributed by atoms with Crippen LogP contribution in [0.1, 0.15) is 20.3 Å². The minimum absolute atomic E-state index is 0.0920. The van der Waals surface area contributed by atoms with Gasteiger partial charge in [0.25, 0.3) is 0 Å². The second-order valence-electron chi connectivity index (χ2n) is 4.65. The van der Waals surface area contributed by atoms with Crippen molar-refractivity contribution in [1.82, 2.24) is 10.2 Å². The number of nitrogens with zero attached hydrogens (tertiary/aromatic N) is 1. The van der Waals surface area contributed by atoms with E-state index in [9.17, 15) is 4.79 Å². The van der Waals surface area contributed by atoms with Crippen molar-refractivity contribution in [3.8, 4) is 0 Å². The first-order chi connectivity index (χ1) is 6.37. The van der Waals surface area contributed by atoms with Crippen molar-refractivity contribution >= 4 is 5.91 Å². The molecule has 0 unspecified atom stereocenters. The fourth-order valence-electron chi connectivity index (χ4n) is 1.53. The van der Waals surface area contributed by atoms with Crippen LogP contribution in [0.5, 0.6) is 0 Å². The van der Waals surface area contributed by atoms with E-state index in [2.05, 4.69) is 44.7 Å². The lowest BCUT2D eigenvalue weighted by atomic mass is 9.89. The van der Waals surface area contributed by atoms with Crippen LogP contribution >= 0.6 is 0 Å². The SMILES string of the molecule is C=CC(=O)NCCC(C)(C)CN(C)C. The third-order valence-corrected chi connectivity index (χ3v) is 2.03. The zero-order valence-electron chi connectivity index (χ0n) is 9.76. The van der Waals surface area contributed by atoms with E-state index in [1.165, 1.54) is 6.08 Å². The Morgan fingerprint density at radius 3 is 2.50 bits per heavy atom. The molecule has 0 aliphatic carbocycles. The van der Waals surface area contributed by atoms with Crippen molar-refractivity contribution < 1.29 is 4.79 Å². The molecular formula is C11H22N2O. The van der Waals surface area contributed by atoms with Crippen LogP contribution in [0.2, 0.25) is 0 Å². The molecule has 1 N–H and O–H groups in total. The third-order valence-electron chi connectivity index (χ3n) is 2.03. The molecule has 0 bridgehead atoms. The zero-order chi connectivity index (χ0) is 11.2. The summed E-state index contributed by atoms with van der Waals surface area (Å²) in [6.45, 7) is 9.55. The molecule has 3 heteroatoms. The first-order valence-electron chi connectivity index (χ1n) is 4.92. The van der Waals surface area contributed by atoms with Crippen LogP contribution < -0.4 is 5.32 Å². The van der Waals surface area contributed by atoms with E-state index in [1.54, 1.807) is 0 Å². The Hall–Kier alpha value is -0.830. The number of carbonyl (C=O) groups excluding carboxylic acids is 1. The van der Waals surface area contributed by atoms with E-state index in [-0.39, 0.29) is 11.3 Å². The van der Waals surface area contributed by atoms with Crippen molar-refractivity contribution in [2.24, 2.45) is 5.41 Å². The minimum atomic E-state index is -0.0920. The Balaban J connectivity index is 3.75. The van der Waals surface area contributed by atoms with Gasteiger partial charge in [-0.3, -0.25) is 4.79 Å². The molecule has 82 valence electrons. The first-order valence-corrected chi connectivity index (χ1v) is 4.92. The van der Waals surface area contributed by atoms with Gasteiger partial charge in [0.05, 0.1) is 0 Å². The molecule has 14 heavy (non-hydrogen) atoms. The standard InChI is InChI=1S/C11H22N2O/c1-6-10(14)12-8-7-11(2,3)9-13(4)5/h6H,1,7-9H2,2-5H3,(H,12,14). The Bertz CT molecular complexity index is 197. The second-order valence-corrected chi connectivity index (χ2v) is 4.65. The quantitative estimate of drug-likeness (QED) is 0.652. The van der Waals surface area contributed by atoms with Crippen molar-refractivity contribution in [3.05, 3.63) is 12.7 Å². The van der Waals surface area contributed by atoms with Crippen LogP contribution in [0.25, 0.3) is 0 Å². The highest BCUT2D eigenvalue weighted by molar-refractivity contribution is 5.86. The van der Waals surface area contributed by atoms with E-state index >= 15 is 0 Å². The summed E-state index contributed by atoms with van der Waals surface area (Å²) in [7, 11) is 4.12. The Morgan fingerprint density at radius 2 is 2.07 bits per heavy atom. The molecule has 0 radical (unpaired) electrons. The van der Waals surface area contributed by atoms with Gasteiger partial charge in [-0.05, 0) is 32.0 Å². The lowest BCUT2D eigenvalue weighted by Crippen LogP contribution is -2.33. The van der Waals surface area contributed by atoms with Crippen LogP contribution in [-0.2, 0) is 4.79 Å². The minimum Gasteiger partial charge on any atom is -0.353 e. The summed E-state index contributed by atoms with van der Waals surface area (Å²) in [5.41, 5.74) is 0.234. The van der Waals surface area contributed by atoms with E-state index in [0.717, 1.165) is 13.0 Å². The zero-order valence-corrected chi connectivity index (χ0v) is 9.76. The molecule has 0 saturated carbocycles. The molecule has 0 aromatic heterocycles. The molecule has 0 aromatic rings. The molecule has 0 aromatic carbocycles. The van der Waals surface area contributed by atoms with Crippen molar-refractivity contribution in [2.75, 3.05) is 27.2 Å². The molecule has 1 amide bonds. The molecule has 0 atom stereocenters. The van der Waals surface area contributed by atoms with Crippen LogP contribution in [0.4, 0.5) is 0 Å². The molecule has 0 aliphatic rings. The predicted octanol–water partition coefficient (Wildman–Crippen LogP) is 1.27. The maximum atomic E-state index is 10.9. The monoisotopic (exact) mass is 198 g/mol. The average molecular weight is 198 g/mol. The van der Waals surface area contributed by atoms with Crippen molar-refractivity contribution in [2.45, 2.75) is 20.3 Å². The molecule has 0 saturated heterocycles. The van der Waals surface area contributed by atoms with Gasteiger partial charge in [0.2, 0.25) is 5.91 Å². The highest BCUT2D eigenvalue weighted by atomic mass is 16.1. The highest BCUT2D eigenvalue weighted by Gasteiger charge is 2.18. The van der Waals surface area contributed by atoms with Gasteiger partial charge in [-0.15, -0.1) is 0 Å². The molecule has 0 heterocycles. The summed E-state index contributed by atoms with van der Waals surface area (Å²) >= 11 is 0. The topological polar surface area (TPSA) is 32.3 Å². The molecular weight excluding hydrogens is 176 g/mol. The number of carbonyl (C=O) groups is 1. The van der Waals surface area contributed by atoms with Gasteiger partial charge in [-0.1, -0.05) is 20.4 Å². The molecule has 0 rings (SSSR count). The van der Waals surface area contributed by atoms with Crippen LogP contribution in [0.3, 0.4) is 0 Å². The van der Waals surface area contributed by atoms with E-state index in [1.807, 2.05) is 0 Å². The molecule has 0 aliphatic heterocycles. The lowest BCUT2D eigenvalue weighted by molar-refractivity contribution is -0.116. The van der Waals surface area contributed by atoms with Crippen molar-refractivity contribution in [3.63, 3.8) is 0 Å². The van der Waals surface area contributed by atoms with Crippen molar-refractivity contribution in [1.29, 1.82) is 0 Å². The summed E-state index contributed by atoms with van der Waals surface area (Å²) in [5, 5.41) is 2.79. The van der Waals surface area contributed by atoms with E-state index < -0.39 is 0 Å². The van der Waals surface area contributed by atoms with E-state index in [0.29, 0.717) is 6.54 Å². The fourth-order valence-corrected chi connectivity index (χ4v) is 1.53. The number of hydrogen-bond acceptors (Lipinski definition) is 2. The third kappa shape index (κ3) is 6.66. The number of nitrogens with one attached hydrogen (secondary N) is 1. The summed E-state index contributed by atoms with van der Waals surface area (Å²) in [6, 6.07) is 0. The van der Waals surface area contributed by atoms with Crippen LogP contribution in [0.15, 0.2) is 12.7 Å². The smallest absolute Gasteiger partial charge is 0.243 e. The van der Waals surface area contributed by atoms with Gasteiger partial charge >= 0.3 is 0 Å². The number of amides is 1. The van der Waals surface area contributed by atoms with Gasteiger partial charge in [0.1, 0.15) is 0 Å². The first kappa shape index (κ1) is 13.2. The molecule has 3 nitrogen and oxygen atoms in total. The van der Waals surface area contributed by atoms with Gasteiger partial charge < -0.3 is 10.2 Å². The summed E-state index contributed by atoms with van der Waals surface area (Å²) < 4.78 is 0. The largest absolute Gasteiger partial charge is 0.353 e. The summed E-state index contributed by atoms with van der Waals surface area (Å²) in [4.78, 5) is 13.0. The van der Waals surface area contributed by atoms with Crippen LogP contribution in [0, 0.1) is 5.41 Å². The van der Waals surface area contributed by atoms with Gasteiger partial charge in [-0.2, -0.15) is 0 Å². The summed E-state index contributed by atoms with van der Waals surface area (Å²) in [6.07, 6.45) is 2.28. The van der Waals surface area contributed by atoms with Gasteiger partial charge in [-0.25, -0.2) is 0 Å². The van der Waals surface area contributed by atoms with E-state index in [4.69, 9.17) is 0 Å². The molecule has 0 fully saturated rings. The predicted molar refractivity (Wildman–Crippen MR) is 60.2 cm³/mol. The molecule has 0 spiro atoms. The number of hydrogen-bond donors (Lipinski definition) is 1. The Kier molecular flexibility index (Phi) is 5.46. The summed E-state index contributed by atoms with van der Waals surface area (Å²) in [5.74, 6) is -0.0920. The van der Waals surface area contributed by atoms with Gasteiger partial charge in [0.15, 0.2) is 0 Å². The Morgan fingerprint density at radius 1 is 1.50 bits per heavy atom. The maximum Gasteiger partial charge on any atom is 0.243 e. The van der Waals surface area contributed by atoms with Gasteiger partial charge in [0, 0.05) is 13.1 Å². The number of rotatable bonds is 6. The average Bonchev–Trinajstić information content (AvgIpc) is 2.01.